The normalized spacial score (nSPS) is 49.1. The molecule has 1 aromatic heterocycles. The van der Waals surface area contributed by atoms with E-state index >= 15 is 0 Å². The third-order valence-corrected chi connectivity index (χ3v) is 9.92. The topological polar surface area (TPSA) is 50.9 Å². The van der Waals surface area contributed by atoms with Gasteiger partial charge in [0.05, 0.1) is 24.5 Å². The van der Waals surface area contributed by atoms with E-state index in [0.29, 0.717) is 11.3 Å². The van der Waals surface area contributed by atoms with Crippen LogP contribution in [0.5, 0.6) is 0 Å². The minimum absolute atomic E-state index is 0.397. The minimum atomic E-state index is -0.397. The van der Waals surface area contributed by atoms with Crippen LogP contribution in [0.25, 0.3) is 0 Å². The molecule has 1 aromatic rings. The largest absolute Gasteiger partial charge is 0.390 e. The third kappa shape index (κ3) is 3.05. The predicted octanol–water partition coefficient (Wildman–Crippen LogP) is 4.93. The van der Waals surface area contributed by atoms with E-state index in [0.717, 1.165) is 54.9 Å². The Balaban J connectivity index is 1.31. The number of nitrogens with zero attached hydrogens (tertiary/aromatic N) is 3. The first-order valence-electron chi connectivity index (χ1n) is 11.9. The Hall–Kier alpha value is -0.900. The molecule has 0 aromatic carbocycles. The van der Waals surface area contributed by atoms with Crippen LogP contribution < -0.4 is 0 Å². The summed E-state index contributed by atoms with van der Waals surface area (Å²) >= 11 is 0. The lowest BCUT2D eigenvalue weighted by Crippen LogP contribution is -2.51. The summed E-state index contributed by atoms with van der Waals surface area (Å²) in [4.78, 5) is 1.89. The zero-order valence-electron chi connectivity index (χ0n) is 18.1. The van der Waals surface area contributed by atoms with Crippen LogP contribution >= 0.6 is 0 Å². The van der Waals surface area contributed by atoms with Crippen LogP contribution in [0.3, 0.4) is 0 Å². The second-order valence-electron chi connectivity index (χ2n) is 11.5. The van der Waals surface area contributed by atoms with Gasteiger partial charge in [0.15, 0.2) is 0 Å². The maximum Gasteiger partial charge on any atom is 0.0693 e. The Morgan fingerprint density at radius 2 is 1.71 bits per heavy atom. The van der Waals surface area contributed by atoms with Crippen molar-refractivity contribution in [1.29, 1.82) is 0 Å². The summed E-state index contributed by atoms with van der Waals surface area (Å²) in [5.41, 5.74) is 0.117. The Labute approximate surface area is 170 Å². The fourth-order valence-corrected chi connectivity index (χ4v) is 8.78. The van der Waals surface area contributed by atoms with Gasteiger partial charge in [-0.05, 0) is 112 Å². The molecule has 1 N–H and O–H groups in total. The van der Waals surface area contributed by atoms with Crippen LogP contribution in [0.4, 0.5) is 0 Å². The molecular formula is C24H39N3O. The fraction of sp³-hybridized carbons (Fsp3) is 0.917. The third-order valence-electron chi connectivity index (χ3n) is 9.92. The molecule has 1 heterocycles. The number of rotatable bonds is 3. The van der Waals surface area contributed by atoms with Gasteiger partial charge in [0.25, 0.3) is 0 Å². The smallest absolute Gasteiger partial charge is 0.0693 e. The molecule has 156 valence electrons. The zero-order valence-corrected chi connectivity index (χ0v) is 18.1. The summed E-state index contributed by atoms with van der Waals surface area (Å²) in [6.45, 7) is 8.11. The molecule has 0 radical (unpaired) electrons. The number of aliphatic hydroxyl groups is 1. The second-order valence-corrected chi connectivity index (χ2v) is 11.5. The standard InChI is InChI=1S/C24H39N3O/c1-16(15-27-25-12-13-26-27)21-6-7-22-20-5-4-17-14-23(2,28)10-8-18(17)19(20)9-11-24(21,22)3/h12-13,16-22,28H,4-11,14-15H2,1-3H3/t16?,17-,18+,19-,20-,21-,22+,23-,24-/m1/s1. The Morgan fingerprint density at radius 1 is 0.964 bits per heavy atom. The molecule has 5 rings (SSSR count). The van der Waals surface area contributed by atoms with Gasteiger partial charge in [-0.15, -0.1) is 0 Å². The van der Waals surface area contributed by atoms with Crippen LogP contribution in [0.2, 0.25) is 0 Å². The number of aromatic nitrogens is 3. The summed E-state index contributed by atoms with van der Waals surface area (Å²) in [5.74, 6) is 5.96. The quantitative estimate of drug-likeness (QED) is 0.802. The highest BCUT2D eigenvalue weighted by molar-refractivity contribution is 5.07. The Bertz CT molecular complexity index is 686. The van der Waals surface area contributed by atoms with Crippen molar-refractivity contribution in [3.8, 4) is 0 Å². The molecule has 0 saturated heterocycles. The van der Waals surface area contributed by atoms with E-state index < -0.39 is 5.60 Å². The van der Waals surface area contributed by atoms with Crippen molar-refractivity contribution in [2.75, 3.05) is 0 Å². The monoisotopic (exact) mass is 385 g/mol. The van der Waals surface area contributed by atoms with Crippen LogP contribution in [0.1, 0.15) is 78.6 Å². The molecule has 28 heavy (non-hydrogen) atoms. The van der Waals surface area contributed by atoms with Gasteiger partial charge >= 0.3 is 0 Å². The van der Waals surface area contributed by atoms with Crippen molar-refractivity contribution in [2.24, 2.45) is 46.8 Å². The molecule has 4 fully saturated rings. The van der Waals surface area contributed by atoms with Crippen LogP contribution in [-0.4, -0.2) is 25.7 Å². The lowest BCUT2D eigenvalue weighted by atomic mass is 9.48. The molecule has 4 heteroatoms. The highest BCUT2D eigenvalue weighted by Crippen LogP contribution is 2.65. The van der Waals surface area contributed by atoms with E-state index in [4.69, 9.17) is 0 Å². The molecule has 0 amide bonds. The van der Waals surface area contributed by atoms with Gasteiger partial charge in [-0.1, -0.05) is 13.8 Å². The fourth-order valence-electron chi connectivity index (χ4n) is 8.78. The average Bonchev–Trinajstić information content (AvgIpc) is 3.27. The second kappa shape index (κ2) is 6.82. The molecule has 9 atom stereocenters. The van der Waals surface area contributed by atoms with E-state index in [9.17, 15) is 5.11 Å². The van der Waals surface area contributed by atoms with E-state index in [1.54, 1.807) is 12.4 Å². The van der Waals surface area contributed by atoms with Crippen molar-refractivity contribution in [1.82, 2.24) is 15.0 Å². The van der Waals surface area contributed by atoms with E-state index in [2.05, 4.69) is 31.0 Å². The Morgan fingerprint density at radius 3 is 2.50 bits per heavy atom. The first-order valence-corrected chi connectivity index (χ1v) is 11.9. The number of fused-ring (bicyclic) bond motifs is 5. The molecule has 4 aliphatic carbocycles. The summed E-state index contributed by atoms with van der Waals surface area (Å²) in [5, 5.41) is 19.3. The Kier molecular flexibility index (Phi) is 4.65. The van der Waals surface area contributed by atoms with Crippen molar-refractivity contribution in [3.05, 3.63) is 12.4 Å². The van der Waals surface area contributed by atoms with Crippen molar-refractivity contribution >= 4 is 0 Å². The summed E-state index contributed by atoms with van der Waals surface area (Å²) < 4.78 is 0. The van der Waals surface area contributed by atoms with E-state index in [1.165, 1.54) is 44.9 Å². The van der Waals surface area contributed by atoms with E-state index in [1.807, 2.05) is 4.80 Å². The molecular weight excluding hydrogens is 346 g/mol. The maximum absolute atomic E-state index is 10.6. The number of hydrogen-bond donors (Lipinski definition) is 1. The molecule has 1 unspecified atom stereocenters. The van der Waals surface area contributed by atoms with Crippen LogP contribution in [-0.2, 0) is 6.54 Å². The molecule has 4 aliphatic rings. The lowest BCUT2D eigenvalue weighted by molar-refractivity contribution is -0.103. The van der Waals surface area contributed by atoms with Crippen LogP contribution in [0, 0.1) is 46.8 Å². The average molecular weight is 386 g/mol. The first kappa shape index (κ1) is 19.1. The van der Waals surface area contributed by atoms with Gasteiger partial charge in [-0.2, -0.15) is 15.0 Å². The predicted molar refractivity (Wildman–Crippen MR) is 110 cm³/mol. The summed E-state index contributed by atoms with van der Waals surface area (Å²) in [6, 6.07) is 0. The maximum atomic E-state index is 10.6. The van der Waals surface area contributed by atoms with Crippen molar-refractivity contribution in [2.45, 2.75) is 90.7 Å². The van der Waals surface area contributed by atoms with Crippen LogP contribution in [0.15, 0.2) is 12.4 Å². The van der Waals surface area contributed by atoms with Gasteiger partial charge in [-0.3, -0.25) is 0 Å². The molecule has 4 saturated carbocycles. The molecule has 0 aliphatic heterocycles. The van der Waals surface area contributed by atoms with Gasteiger partial charge in [0.2, 0.25) is 0 Å². The van der Waals surface area contributed by atoms with Gasteiger partial charge in [-0.25, -0.2) is 0 Å². The molecule has 4 nitrogen and oxygen atoms in total. The first-order chi connectivity index (χ1) is 13.4. The highest BCUT2D eigenvalue weighted by Gasteiger charge is 2.58. The molecule has 0 spiro atoms. The van der Waals surface area contributed by atoms with Gasteiger partial charge < -0.3 is 5.11 Å². The summed E-state index contributed by atoms with van der Waals surface area (Å²) in [6.07, 6.45) is 15.4. The highest BCUT2D eigenvalue weighted by atomic mass is 16.3. The lowest BCUT2D eigenvalue weighted by Gasteiger charge is -2.57. The minimum Gasteiger partial charge on any atom is -0.390 e. The SMILES string of the molecule is CC(Cn1nccn1)[C@H]1CC[C@H]2[C@@H]3CC[C@@H]4C[C@](C)(O)CC[C@@H]4[C@H]3CC[C@]12C. The number of hydrogen-bond acceptors (Lipinski definition) is 3. The van der Waals surface area contributed by atoms with Gasteiger partial charge in [0, 0.05) is 0 Å². The van der Waals surface area contributed by atoms with Crippen molar-refractivity contribution < 1.29 is 5.11 Å². The van der Waals surface area contributed by atoms with Gasteiger partial charge in [0.1, 0.15) is 0 Å². The van der Waals surface area contributed by atoms with E-state index in [-0.39, 0.29) is 0 Å². The zero-order chi connectivity index (χ0) is 19.5. The summed E-state index contributed by atoms with van der Waals surface area (Å²) in [7, 11) is 0. The molecule has 0 bridgehead atoms. The van der Waals surface area contributed by atoms with Crippen molar-refractivity contribution in [3.63, 3.8) is 0 Å².